The van der Waals surface area contributed by atoms with E-state index >= 15 is 0 Å². The number of carbonyl (C=O) groups excluding carboxylic acids is 1. The van der Waals surface area contributed by atoms with Crippen LogP contribution in [0.3, 0.4) is 0 Å². The number of carbonyl (C=O) groups is 1. The van der Waals surface area contributed by atoms with Crippen LogP contribution in [0, 0.1) is 11.8 Å². The summed E-state index contributed by atoms with van der Waals surface area (Å²) in [5.41, 5.74) is 12.5. The Hall–Kier alpha value is -3.27. The van der Waals surface area contributed by atoms with E-state index in [2.05, 4.69) is 20.7 Å². The fourth-order valence-electron chi connectivity index (χ4n) is 3.82. The standard InChI is InChI=1S/C20H23F2N7O/c1-29-16-7-6-10(8-11(16)17(22)28-29)25-19-12(18(24)30)9-13(21)20(27-19)26-15-5-3-2-4-14(15)23/h6-9,14-15H,2-5,23H2,1H3,(H2,24,30)(H2,25,26,27)/t14-,15+/m1/s1. The lowest BCUT2D eigenvalue weighted by Gasteiger charge is -2.30. The zero-order valence-corrected chi connectivity index (χ0v) is 16.5. The molecule has 1 fully saturated rings. The second kappa shape index (κ2) is 7.86. The third-order valence-electron chi connectivity index (χ3n) is 5.45. The maximum Gasteiger partial charge on any atom is 0.252 e. The number of fused-ring (bicyclic) bond motifs is 1. The van der Waals surface area contributed by atoms with Crippen LogP contribution >= 0.6 is 0 Å². The van der Waals surface area contributed by atoms with Crippen molar-refractivity contribution in [3.05, 3.63) is 41.6 Å². The minimum atomic E-state index is -0.835. The van der Waals surface area contributed by atoms with Crippen molar-refractivity contribution in [2.75, 3.05) is 10.6 Å². The van der Waals surface area contributed by atoms with Gasteiger partial charge in [-0.15, -0.1) is 5.10 Å². The summed E-state index contributed by atoms with van der Waals surface area (Å²) >= 11 is 0. The Morgan fingerprint density at radius 3 is 2.70 bits per heavy atom. The number of nitrogens with one attached hydrogen (secondary N) is 2. The molecule has 3 aromatic rings. The van der Waals surface area contributed by atoms with E-state index < -0.39 is 17.7 Å². The molecular formula is C20H23F2N7O. The summed E-state index contributed by atoms with van der Waals surface area (Å²) in [5.74, 6) is -2.09. The quantitative estimate of drug-likeness (QED) is 0.508. The van der Waals surface area contributed by atoms with Gasteiger partial charge in [0.2, 0.25) is 5.95 Å². The number of nitrogens with zero attached hydrogens (tertiary/aromatic N) is 3. The summed E-state index contributed by atoms with van der Waals surface area (Å²) in [7, 11) is 1.64. The van der Waals surface area contributed by atoms with Crippen molar-refractivity contribution >= 4 is 34.1 Å². The number of aromatic nitrogens is 3. The normalized spacial score (nSPS) is 19.1. The smallest absolute Gasteiger partial charge is 0.252 e. The van der Waals surface area contributed by atoms with Crippen molar-refractivity contribution in [2.24, 2.45) is 18.5 Å². The van der Waals surface area contributed by atoms with Gasteiger partial charge >= 0.3 is 0 Å². The van der Waals surface area contributed by atoms with Gasteiger partial charge in [-0.05, 0) is 37.1 Å². The molecular weight excluding hydrogens is 392 g/mol. The molecule has 0 unspecified atom stereocenters. The second-order valence-electron chi connectivity index (χ2n) is 7.55. The van der Waals surface area contributed by atoms with E-state index in [1.807, 2.05) is 0 Å². The molecule has 1 aliphatic rings. The Labute approximate surface area is 171 Å². The highest BCUT2D eigenvalue weighted by Gasteiger charge is 2.24. The first-order valence-electron chi connectivity index (χ1n) is 9.75. The Kier molecular flexibility index (Phi) is 5.25. The van der Waals surface area contributed by atoms with Gasteiger partial charge < -0.3 is 22.1 Å². The van der Waals surface area contributed by atoms with Gasteiger partial charge in [-0.3, -0.25) is 9.48 Å². The lowest BCUT2D eigenvalue weighted by atomic mass is 9.91. The van der Waals surface area contributed by atoms with Gasteiger partial charge in [0, 0.05) is 24.8 Å². The molecule has 2 atom stereocenters. The van der Waals surface area contributed by atoms with E-state index in [0.717, 1.165) is 31.7 Å². The van der Waals surface area contributed by atoms with Crippen LogP contribution in [-0.2, 0) is 7.05 Å². The first kappa shape index (κ1) is 20.0. The van der Waals surface area contributed by atoms with E-state index in [9.17, 15) is 13.6 Å². The van der Waals surface area contributed by atoms with Crippen molar-refractivity contribution in [3.63, 3.8) is 0 Å². The summed E-state index contributed by atoms with van der Waals surface area (Å²) in [6, 6.07) is 5.72. The van der Waals surface area contributed by atoms with E-state index in [4.69, 9.17) is 11.5 Å². The number of hydrogen-bond donors (Lipinski definition) is 4. The molecule has 158 valence electrons. The predicted molar refractivity (Wildman–Crippen MR) is 111 cm³/mol. The fourth-order valence-corrected chi connectivity index (χ4v) is 3.82. The Bertz CT molecular complexity index is 1110. The maximum atomic E-state index is 14.6. The molecule has 0 aliphatic heterocycles. The first-order chi connectivity index (χ1) is 14.3. The lowest BCUT2D eigenvalue weighted by Crippen LogP contribution is -2.43. The highest BCUT2D eigenvalue weighted by molar-refractivity contribution is 5.99. The average molecular weight is 415 g/mol. The number of amides is 1. The molecule has 0 radical (unpaired) electrons. The van der Waals surface area contributed by atoms with Crippen LogP contribution in [0.5, 0.6) is 0 Å². The Morgan fingerprint density at radius 2 is 1.97 bits per heavy atom. The van der Waals surface area contributed by atoms with Crippen molar-refractivity contribution in [2.45, 2.75) is 37.8 Å². The highest BCUT2D eigenvalue weighted by Crippen LogP contribution is 2.28. The van der Waals surface area contributed by atoms with Gasteiger partial charge in [0.1, 0.15) is 5.82 Å². The predicted octanol–water partition coefficient (Wildman–Crippen LogP) is 2.77. The molecule has 1 amide bonds. The third-order valence-corrected chi connectivity index (χ3v) is 5.45. The molecule has 1 aromatic carbocycles. The second-order valence-corrected chi connectivity index (χ2v) is 7.55. The first-order valence-corrected chi connectivity index (χ1v) is 9.75. The number of hydrogen-bond acceptors (Lipinski definition) is 6. The van der Waals surface area contributed by atoms with Gasteiger partial charge in [0.25, 0.3) is 5.91 Å². The average Bonchev–Trinajstić information content (AvgIpc) is 2.99. The minimum Gasteiger partial charge on any atom is -0.365 e. The molecule has 1 saturated carbocycles. The lowest BCUT2D eigenvalue weighted by molar-refractivity contribution is 0.100. The van der Waals surface area contributed by atoms with Gasteiger partial charge in [-0.2, -0.15) is 4.39 Å². The number of nitrogens with two attached hydrogens (primary N) is 2. The number of benzene rings is 1. The van der Waals surface area contributed by atoms with Crippen molar-refractivity contribution in [3.8, 4) is 0 Å². The highest BCUT2D eigenvalue weighted by atomic mass is 19.1. The van der Waals surface area contributed by atoms with E-state index in [-0.39, 0.29) is 29.3 Å². The topological polar surface area (TPSA) is 124 Å². The number of aryl methyl sites for hydroxylation is 1. The number of anilines is 3. The van der Waals surface area contributed by atoms with Crippen molar-refractivity contribution < 1.29 is 13.6 Å². The third kappa shape index (κ3) is 3.78. The van der Waals surface area contributed by atoms with Crippen LogP contribution in [-0.4, -0.2) is 32.8 Å². The molecule has 6 N–H and O–H groups in total. The van der Waals surface area contributed by atoms with Crippen LogP contribution in [0.25, 0.3) is 10.9 Å². The Morgan fingerprint density at radius 1 is 1.20 bits per heavy atom. The zero-order valence-electron chi connectivity index (χ0n) is 16.5. The number of rotatable bonds is 5. The van der Waals surface area contributed by atoms with E-state index in [1.54, 1.807) is 19.2 Å². The molecule has 0 spiro atoms. The molecule has 2 aromatic heterocycles. The molecule has 30 heavy (non-hydrogen) atoms. The van der Waals surface area contributed by atoms with E-state index in [1.165, 1.54) is 10.7 Å². The van der Waals surface area contributed by atoms with Gasteiger partial charge in [0.05, 0.1) is 16.5 Å². The van der Waals surface area contributed by atoms with Crippen LogP contribution < -0.4 is 22.1 Å². The molecule has 0 saturated heterocycles. The van der Waals surface area contributed by atoms with Crippen molar-refractivity contribution in [1.29, 1.82) is 0 Å². The monoisotopic (exact) mass is 415 g/mol. The Balaban J connectivity index is 1.68. The maximum absolute atomic E-state index is 14.6. The van der Waals surface area contributed by atoms with Crippen molar-refractivity contribution in [1.82, 2.24) is 14.8 Å². The molecule has 4 rings (SSSR count). The number of halogens is 2. The molecule has 8 nitrogen and oxygen atoms in total. The van der Waals surface area contributed by atoms with Gasteiger partial charge in [-0.1, -0.05) is 12.8 Å². The van der Waals surface area contributed by atoms with E-state index in [0.29, 0.717) is 16.6 Å². The number of primary amides is 1. The molecule has 10 heteroatoms. The molecule has 0 bridgehead atoms. The molecule has 1 aliphatic carbocycles. The SMILES string of the molecule is Cn1nc(F)c2cc(Nc3nc(N[C@H]4CCCC[C@H]4N)c(F)cc3C(N)=O)ccc21. The fraction of sp³-hybridized carbons (Fsp3) is 0.350. The summed E-state index contributed by atoms with van der Waals surface area (Å²) in [5, 5.41) is 10.0. The van der Waals surface area contributed by atoms with Gasteiger partial charge in [0.15, 0.2) is 11.6 Å². The summed E-state index contributed by atoms with van der Waals surface area (Å²) in [6.07, 6.45) is 3.68. The van der Waals surface area contributed by atoms with Crippen LogP contribution in [0.2, 0.25) is 0 Å². The van der Waals surface area contributed by atoms with Crippen LogP contribution in [0.4, 0.5) is 26.1 Å². The zero-order chi connectivity index (χ0) is 21.4. The summed E-state index contributed by atoms with van der Waals surface area (Å²) < 4.78 is 30.1. The summed E-state index contributed by atoms with van der Waals surface area (Å²) in [6.45, 7) is 0. The largest absolute Gasteiger partial charge is 0.365 e. The van der Waals surface area contributed by atoms with Crippen LogP contribution in [0.15, 0.2) is 24.3 Å². The van der Waals surface area contributed by atoms with Gasteiger partial charge in [-0.25, -0.2) is 9.37 Å². The number of pyridine rings is 1. The van der Waals surface area contributed by atoms with Crippen LogP contribution in [0.1, 0.15) is 36.0 Å². The molecule has 2 heterocycles. The summed E-state index contributed by atoms with van der Waals surface area (Å²) in [4.78, 5) is 16.1. The minimum absolute atomic E-state index is 0.0153.